The molecular weight excluding hydrogens is 394 g/mol. The van der Waals surface area contributed by atoms with E-state index in [1.165, 1.54) is 11.8 Å². The van der Waals surface area contributed by atoms with E-state index in [9.17, 15) is 4.79 Å². The Kier molecular flexibility index (Phi) is 7.54. The van der Waals surface area contributed by atoms with Crippen LogP contribution in [0, 0.1) is 0 Å². The highest BCUT2D eigenvalue weighted by Crippen LogP contribution is 2.22. The Morgan fingerprint density at radius 3 is 2.64 bits per heavy atom. The second-order valence-electron chi connectivity index (χ2n) is 6.14. The first-order valence-corrected chi connectivity index (χ1v) is 10.3. The van der Waals surface area contributed by atoms with Crippen molar-refractivity contribution in [1.82, 2.24) is 14.5 Å². The normalized spacial score (nSPS) is 10.8. The third-order valence-electron chi connectivity index (χ3n) is 4.17. The Morgan fingerprint density at radius 2 is 1.93 bits per heavy atom. The molecule has 0 spiro atoms. The van der Waals surface area contributed by atoms with Gasteiger partial charge in [-0.2, -0.15) is 0 Å². The first kappa shape index (κ1) is 20.5. The number of amides is 1. The molecule has 146 valence electrons. The summed E-state index contributed by atoms with van der Waals surface area (Å²) in [6, 6.07) is 17.5. The van der Waals surface area contributed by atoms with Crippen molar-refractivity contribution >= 4 is 29.3 Å². The molecule has 0 saturated carbocycles. The van der Waals surface area contributed by atoms with Gasteiger partial charge in [-0.3, -0.25) is 9.36 Å². The fourth-order valence-corrected chi connectivity index (χ4v) is 3.71. The fourth-order valence-electron chi connectivity index (χ4n) is 2.71. The van der Waals surface area contributed by atoms with Gasteiger partial charge in [-0.25, -0.2) is 4.98 Å². The van der Waals surface area contributed by atoms with E-state index < -0.39 is 0 Å². The molecule has 1 heterocycles. The summed E-state index contributed by atoms with van der Waals surface area (Å²) >= 11 is 7.39. The summed E-state index contributed by atoms with van der Waals surface area (Å²) in [7, 11) is 1.64. The second-order valence-corrected chi connectivity index (χ2v) is 7.52. The van der Waals surface area contributed by atoms with Gasteiger partial charge < -0.3 is 9.64 Å². The van der Waals surface area contributed by atoms with Crippen molar-refractivity contribution in [2.24, 2.45) is 0 Å². The zero-order chi connectivity index (χ0) is 19.8. The first-order chi connectivity index (χ1) is 13.7. The topological polar surface area (TPSA) is 47.4 Å². The summed E-state index contributed by atoms with van der Waals surface area (Å²) in [5.41, 5.74) is 2.05. The molecule has 0 bridgehead atoms. The highest BCUT2D eigenvalue weighted by Gasteiger charge is 2.16. The number of imidazole rings is 1. The summed E-state index contributed by atoms with van der Waals surface area (Å²) in [6.07, 6.45) is 3.61. The van der Waals surface area contributed by atoms with Crippen LogP contribution in [0.5, 0.6) is 0 Å². The number of aromatic nitrogens is 2. The van der Waals surface area contributed by atoms with Crippen LogP contribution in [0.4, 0.5) is 0 Å². The molecule has 3 rings (SSSR count). The number of methoxy groups -OCH3 is 1. The lowest BCUT2D eigenvalue weighted by Crippen LogP contribution is -2.34. The van der Waals surface area contributed by atoms with Crippen molar-refractivity contribution in [3.8, 4) is 5.69 Å². The van der Waals surface area contributed by atoms with Crippen LogP contribution in [0.1, 0.15) is 5.56 Å². The Labute approximate surface area is 174 Å². The Morgan fingerprint density at radius 1 is 1.18 bits per heavy atom. The minimum atomic E-state index is 0.0524. The minimum Gasteiger partial charge on any atom is -0.383 e. The lowest BCUT2D eigenvalue weighted by Gasteiger charge is -2.22. The van der Waals surface area contributed by atoms with Gasteiger partial charge in [0.15, 0.2) is 5.16 Å². The van der Waals surface area contributed by atoms with E-state index in [1.807, 2.05) is 70.3 Å². The van der Waals surface area contributed by atoms with Gasteiger partial charge in [0.05, 0.1) is 12.4 Å². The summed E-state index contributed by atoms with van der Waals surface area (Å²) in [6.45, 7) is 1.62. The quantitative estimate of drug-likeness (QED) is 0.489. The molecule has 0 fully saturated rings. The molecule has 1 amide bonds. The van der Waals surface area contributed by atoms with Crippen LogP contribution < -0.4 is 0 Å². The van der Waals surface area contributed by atoms with E-state index in [0.29, 0.717) is 30.5 Å². The average molecular weight is 416 g/mol. The Hall–Kier alpha value is -2.28. The van der Waals surface area contributed by atoms with Crippen LogP contribution in [0.15, 0.2) is 72.1 Å². The van der Waals surface area contributed by atoms with Crippen molar-refractivity contribution in [1.29, 1.82) is 0 Å². The third kappa shape index (κ3) is 5.61. The van der Waals surface area contributed by atoms with Crippen LogP contribution in [-0.4, -0.2) is 46.4 Å². The molecule has 7 heteroatoms. The minimum absolute atomic E-state index is 0.0524. The number of rotatable bonds is 9. The predicted molar refractivity (Wildman–Crippen MR) is 113 cm³/mol. The van der Waals surface area contributed by atoms with Gasteiger partial charge in [-0.1, -0.05) is 53.7 Å². The number of carbonyl (C=O) groups is 1. The number of hydrogen-bond acceptors (Lipinski definition) is 4. The molecule has 0 aliphatic carbocycles. The van der Waals surface area contributed by atoms with Crippen LogP contribution >= 0.6 is 23.4 Å². The van der Waals surface area contributed by atoms with Gasteiger partial charge in [-0.15, -0.1) is 0 Å². The van der Waals surface area contributed by atoms with Gasteiger partial charge in [0.25, 0.3) is 0 Å². The summed E-state index contributed by atoms with van der Waals surface area (Å²) in [4.78, 5) is 19.0. The number of halogens is 1. The van der Waals surface area contributed by atoms with Gasteiger partial charge >= 0.3 is 0 Å². The maximum atomic E-state index is 12.8. The molecule has 0 aliphatic rings. The molecule has 5 nitrogen and oxygen atoms in total. The highest BCUT2D eigenvalue weighted by atomic mass is 35.5. The Balaban J connectivity index is 1.66. The lowest BCUT2D eigenvalue weighted by atomic mass is 10.2. The third-order valence-corrected chi connectivity index (χ3v) is 5.37. The molecule has 0 saturated heterocycles. The molecule has 0 unspecified atom stereocenters. The number of carbonyl (C=O) groups excluding carboxylic acids is 1. The number of thioether (sulfide) groups is 1. The van der Waals surface area contributed by atoms with Crippen LogP contribution in [0.3, 0.4) is 0 Å². The van der Waals surface area contributed by atoms with Crippen molar-refractivity contribution < 1.29 is 9.53 Å². The zero-order valence-electron chi connectivity index (χ0n) is 15.6. The number of nitrogens with zero attached hydrogens (tertiary/aromatic N) is 3. The SMILES string of the molecule is COCCN(Cc1ccccc1)C(=O)CSc1nccn1-c1ccc(Cl)cc1. The second kappa shape index (κ2) is 10.3. The largest absolute Gasteiger partial charge is 0.383 e. The monoisotopic (exact) mass is 415 g/mol. The summed E-state index contributed by atoms with van der Waals surface area (Å²) < 4.78 is 7.12. The first-order valence-electron chi connectivity index (χ1n) is 8.90. The fraction of sp³-hybridized carbons (Fsp3) is 0.238. The van der Waals surface area contributed by atoms with Crippen molar-refractivity contribution in [2.75, 3.05) is 26.0 Å². The number of ether oxygens (including phenoxy) is 1. The van der Waals surface area contributed by atoms with Gasteiger partial charge in [0.1, 0.15) is 0 Å². The lowest BCUT2D eigenvalue weighted by molar-refractivity contribution is -0.129. The van der Waals surface area contributed by atoms with Gasteiger partial charge in [0, 0.05) is 43.3 Å². The summed E-state index contributed by atoms with van der Waals surface area (Å²) in [5.74, 6) is 0.359. The molecular formula is C21H22ClN3O2S. The smallest absolute Gasteiger partial charge is 0.233 e. The van der Waals surface area contributed by atoms with Crippen LogP contribution in [0.2, 0.25) is 5.02 Å². The molecule has 3 aromatic rings. The summed E-state index contributed by atoms with van der Waals surface area (Å²) in [5, 5.41) is 1.45. The van der Waals surface area contributed by atoms with Crippen molar-refractivity contribution in [3.63, 3.8) is 0 Å². The van der Waals surface area contributed by atoms with E-state index >= 15 is 0 Å². The van der Waals surface area contributed by atoms with Crippen molar-refractivity contribution in [3.05, 3.63) is 77.6 Å². The zero-order valence-corrected chi connectivity index (χ0v) is 17.2. The number of benzene rings is 2. The molecule has 28 heavy (non-hydrogen) atoms. The predicted octanol–water partition coefficient (Wildman–Crippen LogP) is 4.29. The van der Waals surface area contributed by atoms with Gasteiger partial charge in [-0.05, 0) is 29.8 Å². The van der Waals surface area contributed by atoms with Crippen molar-refractivity contribution in [2.45, 2.75) is 11.7 Å². The molecule has 0 N–H and O–H groups in total. The standard InChI is InChI=1S/C21H22ClN3O2S/c1-27-14-13-24(15-17-5-3-2-4-6-17)20(26)16-28-21-23-11-12-25(21)19-9-7-18(22)8-10-19/h2-12H,13-16H2,1H3. The van der Waals surface area contributed by atoms with Gasteiger partial charge in [0.2, 0.25) is 5.91 Å². The number of hydrogen-bond donors (Lipinski definition) is 0. The maximum Gasteiger partial charge on any atom is 0.233 e. The highest BCUT2D eigenvalue weighted by molar-refractivity contribution is 7.99. The van der Waals surface area contributed by atoms with Crippen LogP contribution in [-0.2, 0) is 16.1 Å². The van der Waals surface area contributed by atoms with E-state index in [0.717, 1.165) is 16.4 Å². The molecule has 1 aromatic heterocycles. The Bertz CT molecular complexity index is 884. The van der Waals surface area contributed by atoms with E-state index in [-0.39, 0.29) is 5.91 Å². The molecule has 0 radical (unpaired) electrons. The molecule has 2 aromatic carbocycles. The van der Waals surface area contributed by atoms with E-state index in [1.54, 1.807) is 13.3 Å². The van der Waals surface area contributed by atoms with E-state index in [4.69, 9.17) is 16.3 Å². The molecule has 0 aliphatic heterocycles. The van der Waals surface area contributed by atoms with E-state index in [2.05, 4.69) is 4.98 Å². The maximum absolute atomic E-state index is 12.8. The van der Waals surface area contributed by atoms with Crippen LogP contribution in [0.25, 0.3) is 5.69 Å². The average Bonchev–Trinajstić information content (AvgIpc) is 3.19. The molecule has 0 atom stereocenters.